The molecular weight excluding hydrogens is 599 g/mol. The smallest absolute Gasteiger partial charge is 0.239 e. The summed E-state index contributed by atoms with van der Waals surface area (Å²) in [7, 11) is 0. The Balaban J connectivity index is 1.47. The summed E-state index contributed by atoms with van der Waals surface area (Å²) in [4.78, 5) is 29.7. The summed E-state index contributed by atoms with van der Waals surface area (Å²) in [5.74, 6) is 0.305. The van der Waals surface area contributed by atoms with E-state index in [1.54, 1.807) is 17.9 Å². The molecule has 4 aromatic rings. The van der Waals surface area contributed by atoms with Gasteiger partial charge in [0, 0.05) is 30.0 Å². The highest BCUT2D eigenvalue weighted by Crippen LogP contribution is 2.45. The molecule has 46 heavy (non-hydrogen) atoms. The lowest BCUT2D eigenvalue weighted by Gasteiger charge is -2.34. The van der Waals surface area contributed by atoms with E-state index in [4.69, 9.17) is 27.4 Å². The Kier molecular flexibility index (Phi) is 7.08. The normalized spacial score (nSPS) is 23.2. The topological polar surface area (TPSA) is 133 Å². The molecule has 3 aliphatic heterocycles. The fourth-order valence-corrected chi connectivity index (χ4v) is 7.31. The van der Waals surface area contributed by atoms with Gasteiger partial charge in [-0.3, -0.25) is 9.69 Å². The SMILES string of the molecule is C#Cc1c(F)ccc2nc(N)cc(-c3nc4c5c(cc(OC[C@@]67CCCN6C[C@H](F)C7)nc5c3F)N([C@H](C)C(N)=O)[C@@H](C)CO4)c12. The van der Waals surface area contributed by atoms with Crippen LogP contribution in [-0.4, -0.2) is 75.9 Å². The number of carbonyl (C=O) groups excluding carboxylic acids is 1. The summed E-state index contributed by atoms with van der Waals surface area (Å²) < 4.78 is 58.7. The summed E-state index contributed by atoms with van der Waals surface area (Å²) in [5, 5.41) is 0.349. The largest absolute Gasteiger partial charge is 0.476 e. The van der Waals surface area contributed by atoms with Gasteiger partial charge < -0.3 is 25.8 Å². The molecule has 1 amide bonds. The Morgan fingerprint density at radius 2 is 2.07 bits per heavy atom. The maximum absolute atomic E-state index is 17.0. The molecule has 4 N–H and O–H groups in total. The van der Waals surface area contributed by atoms with Crippen molar-refractivity contribution in [3.05, 3.63) is 41.5 Å². The monoisotopic (exact) mass is 631 g/mol. The summed E-state index contributed by atoms with van der Waals surface area (Å²) >= 11 is 0. The van der Waals surface area contributed by atoms with Crippen molar-refractivity contribution < 1.29 is 27.4 Å². The standard InChI is InChI=1S/C33H32F3N7O3/c1-4-19-21(35)6-7-22-26(19)20(10-24(37)39-22)29-28(36)30-27-23(43(17(3)31(38)44)16(2)14-45-32(27)41-29)11-25(40-30)46-15-33-8-5-9-42(33)13-18(34)12-33/h1,6-7,10-11,16-18H,5,8-9,12-15H2,2-3H3,(H2,37,39)(H2,38,44)/t16-,17+,18+,33-/m0/s1. The third kappa shape index (κ3) is 4.62. The Hall–Kier alpha value is -4.83. The third-order valence-electron chi connectivity index (χ3n) is 9.45. The summed E-state index contributed by atoms with van der Waals surface area (Å²) in [5.41, 5.74) is 11.6. The number of primary amides is 1. The highest BCUT2D eigenvalue weighted by Gasteiger charge is 2.49. The van der Waals surface area contributed by atoms with E-state index in [0.29, 0.717) is 18.7 Å². The summed E-state index contributed by atoms with van der Waals surface area (Å²) in [6.07, 6.45) is 6.74. The molecule has 4 atom stereocenters. The molecule has 0 unspecified atom stereocenters. The first-order valence-electron chi connectivity index (χ1n) is 15.1. The number of ether oxygens (including phenoxy) is 2. The number of nitrogens with two attached hydrogens (primary N) is 2. The first kappa shape index (κ1) is 29.9. The quantitative estimate of drug-likeness (QED) is 0.302. The van der Waals surface area contributed by atoms with Gasteiger partial charge >= 0.3 is 0 Å². The highest BCUT2D eigenvalue weighted by molar-refractivity contribution is 6.04. The minimum atomic E-state index is -0.961. The number of carbonyl (C=O) groups is 1. The zero-order chi connectivity index (χ0) is 32.5. The molecule has 238 valence electrons. The van der Waals surface area contributed by atoms with Gasteiger partial charge in [0.15, 0.2) is 5.82 Å². The van der Waals surface area contributed by atoms with Gasteiger partial charge in [-0.1, -0.05) is 5.92 Å². The van der Waals surface area contributed by atoms with Crippen LogP contribution in [0.25, 0.3) is 33.1 Å². The molecule has 0 radical (unpaired) electrons. The van der Waals surface area contributed by atoms with Crippen molar-refractivity contribution >= 4 is 39.2 Å². The number of nitrogen functional groups attached to an aromatic ring is 1. The number of nitrogens with zero attached hydrogens (tertiary/aromatic N) is 5. The van der Waals surface area contributed by atoms with Crippen LogP contribution in [0, 0.1) is 24.0 Å². The van der Waals surface area contributed by atoms with Crippen molar-refractivity contribution in [2.24, 2.45) is 5.73 Å². The maximum Gasteiger partial charge on any atom is 0.239 e. The second-order valence-corrected chi connectivity index (χ2v) is 12.3. The van der Waals surface area contributed by atoms with Gasteiger partial charge in [-0.2, -0.15) is 0 Å². The number of fused-ring (bicyclic) bond motifs is 2. The van der Waals surface area contributed by atoms with Crippen molar-refractivity contribution in [3.8, 4) is 35.4 Å². The fraction of sp³-hybridized carbons (Fsp3) is 0.394. The maximum atomic E-state index is 17.0. The van der Waals surface area contributed by atoms with E-state index in [1.165, 1.54) is 18.2 Å². The average Bonchev–Trinajstić information content (AvgIpc) is 3.50. The lowest BCUT2D eigenvalue weighted by molar-refractivity contribution is -0.119. The Morgan fingerprint density at radius 1 is 1.26 bits per heavy atom. The molecule has 0 spiro atoms. The second-order valence-electron chi connectivity index (χ2n) is 12.3. The van der Waals surface area contributed by atoms with Gasteiger partial charge in [-0.15, -0.1) is 6.42 Å². The minimum absolute atomic E-state index is 0.0327. The predicted molar refractivity (Wildman–Crippen MR) is 167 cm³/mol. The van der Waals surface area contributed by atoms with Gasteiger partial charge in [0.25, 0.3) is 0 Å². The van der Waals surface area contributed by atoms with Crippen LogP contribution in [0.3, 0.4) is 0 Å². The Labute approximate surface area is 262 Å². The van der Waals surface area contributed by atoms with E-state index in [-0.39, 0.29) is 69.4 Å². The number of terminal acetylenes is 1. The van der Waals surface area contributed by atoms with E-state index >= 15 is 4.39 Å². The van der Waals surface area contributed by atoms with Crippen LogP contribution in [0.15, 0.2) is 24.3 Å². The highest BCUT2D eigenvalue weighted by atomic mass is 19.1. The molecule has 2 saturated heterocycles. The van der Waals surface area contributed by atoms with Crippen LogP contribution in [0.4, 0.5) is 24.7 Å². The molecule has 0 saturated carbocycles. The fourth-order valence-electron chi connectivity index (χ4n) is 7.31. The van der Waals surface area contributed by atoms with Crippen LogP contribution < -0.4 is 25.8 Å². The van der Waals surface area contributed by atoms with Crippen molar-refractivity contribution in [1.82, 2.24) is 19.9 Å². The van der Waals surface area contributed by atoms with E-state index in [0.717, 1.165) is 19.4 Å². The number of alkyl halides is 1. The Bertz CT molecular complexity index is 1970. The van der Waals surface area contributed by atoms with E-state index in [1.807, 2.05) is 6.92 Å². The van der Waals surface area contributed by atoms with E-state index in [9.17, 15) is 13.6 Å². The van der Waals surface area contributed by atoms with Crippen LogP contribution in [0.2, 0.25) is 0 Å². The second kappa shape index (κ2) is 10.9. The molecule has 13 heteroatoms. The molecule has 7 rings (SSSR count). The van der Waals surface area contributed by atoms with Gasteiger partial charge in [0.1, 0.15) is 48.3 Å². The summed E-state index contributed by atoms with van der Waals surface area (Å²) in [6.45, 7) is 4.81. The number of pyridine rings is 3. The molecule has 3 aliphatic rings. The molecular formula is C33H32F3N7O3. The number of aromatic nitrogens is 3. The van der Waals surface area contributed by atoms with Gasteiger partial charge in [0.05, 0.1) is 33.7 Å². The van der Waals surface area contributed by atoms with Crippen molar-refractivity contribution in [2.45, 2.75) is 56.9 Å². The van der Waals surface area contributed by atoms with Crippen LogP contribution in [-0.2, 0) is 4.79 Å². The molecule has 6 heterocycles. The van der Waals surface area contributed by atoms with Crippen molar-refractivity contribution in [1.29, 1.82) is 0 Å². The number of anilines is 2. The zero-order valence-electron chi connectivity index (χ0n) is 25.3. The van der Waals surface area contributed by atoms with Crippen LogP contribution in [0.5, 0.6) is 11.8 Å². The number of hydrogen-bond acceptors (Lipinski definition) is 9. The van der Waals surface area contributed by atoms with Crippen molar-refractivity contribution in [3.63, 3.8) is 0 Å². The number of benzene rings is 1. The lowest BCUT2D eigenvalue weighted by Crippen LogP contribution is -2.49. The molecule has 0 bridgehead atoms. The first-order valence-corrected chi connectivity index (χ1v) is 15.1. The molecule has 1 aromatic carbocycles. The molecule has 2 fully saturated rings. The van der Waals surface area contributed by atoms with E-state index in [2.05, 4.69) is 25.8 Å². The average molecular weight is 632 g/mol. The van der Waals surface area contributed by atoms with Crippen molar-refractivity contribution in [2.75, 3.05) is 36.9 Å². The van der Waals surface area contributed by atoms with Gasteiger partial charge in [-0.25, -0.2) is 28.1 Å². The first-order chi connectivity index (χ1) is 22.0. The van der Waals surface area contributed by atoms with Gasteiger partial charge in [0.2, 0.25) is 17.7 Å². The number of rotatable bonds is 6. The number of halogens is 3. The lowest BCUT2D eigenvalue weighted by atomic mass is 9.95. The predicted octanol–water partition coefficient (Wildman–Crippen LogP) is 4.10. The Morgan fingerprint density at radius 3 is 2.83 bits per heavy atom. The minimum Gasteiger partial charge on any atom is -0.476 e. The molecule has 10 nitrogen and oxygen atoms in total. The van der Waals surface area contributed by atoms with Crippen LogP contribution >= 0.6 is 0 Å². The number of amides is 1. The van der Waals surface area contributed by atoms with E-state index < -0.39 is 41.3 Å². The number of hydrogen-bond donors (Lipinski definition) is 2. The van der Waals surface area contributed by atoms with Gasteiger partial charge in [-0.05, 0) is 51.4 Å². The zero-order valence-corrected chi connectivity index (χ0v) is 25.3. The summed E-state index contributed by atoms with van der Waals surface area (Å²) in [6, 6.07) is 4.33. The molecule has 0 aliphatic carbocycles. The third-order valence-corrected chi connectivity index (χ3v) is 9.45. The molecule has 3 aromatic heterocycles. The van der Waals surface area contributed by atoms with Crippen LogP contribution in [0.1, 0.15) is 38.7 Å².